The summed E-state index contributed by atoms with van der Waals surface area (Å²) in [6.45, 7) is 10.3. The molecule has 0 aromatic carbocycles. The van der Waals surface area contributed by atoms with E-state index in [1.165, 1.54) is 11.3 Å². The molecule has 31 heavy (non-hydrogen) atoms. The molecule has 0 radical (unpaired) electrons. The van der Waals surface area contributed by atoms with Gasteiger partial charge in [0.05, 0.1) is 17.1 Å². The van der Waals surface area contributed by atoms with Crippen LogP contribution in [0.1, 0.15) is 69.9 Å². The monoisotopic (exact) mass is 463 g/mol. The lowest BCUT2D eigenvalue weighted by atomic mass is 10.0. The van der Waals surface area contributed by atoms with E-state index >= 15 is 0 Å². The van der Waals surface area contributed by atoms with E-state index in [9.17, 15) is 4.79 Å². The first kappa shape index (κ1) is 26.8. The van der Waals surface area contributed by atoms with E-state index in [0.29, 0.717) is 35.3 Å². The molecule has 0 bridgehead atoms. The van der Waals surface area contributed by atoms with Gasteiger partial charge in [-0.3, -0.25) is 0 Å². The standard InChI is InChI=1S/C25H34ClNO3S/c1-6-11-13-19(27)15-20(8-3)30-16-18-17-31-24(21(9-4)25(28)29-10-5)23(18)22(26)14-12-7-2/h8-9,11,13-15,17H,6-7,10,12,16,27H2,1-5H3/b13-11-,19-15+,20-8+,21-9+,22-14-. The second-order valence-electron chi connectivity index (χ2n) is 6.66. The van der Waals surface area contributed by atoms with Crippen molar-refractivity contribution in [2.45, 2.75) is 60.5 Å². The molecule has 0 amide bonds. The molecule has 1 heterocycles. The molecule has 0 saturated carbocycles. The van der Waals surface area contributed by atoms with Crippen LogP contribution in [0.3, 0.4) is 0 Å². The number of hydrogen-bond donors (Lipinski definition) is 1. The molecule has 1 aromatic heterocycles. The first-order chi connectivity index (χ1) is 14.9. The van der Waals surface area contributed by atoms with Gasteiger partial charge in [0, 0.05) is 27.9 Å². The molecule has 170 valence electrons. The van der Waals surface area contributed by atoms with Crippen molar-refractivity contribution >= 4 is 39.5 Å². The van der Waals surface area contributed by atoms with E-state index in [2.05, 4.69) is 13.8 Å². The second kappa shape index (κ2) is 14.7. The van der Waals surface area contributed by atoms with Gasteiger partial charge in [0.25, 0.3) is 0 Å². The summed E-state index contributed by atoms with van der Waals surface area (Å²) < 4.78 is 11.2. The normalized spacial score (nSPS) is 13.7. The van der Waals surface area contributed by atoms with Crippen LogP contribution in [0.2, 0.25) is 0 Å². The van der Waals surface area contributed by atoms with Crippen LogP contribution < -0.4 is 5.73 Å². The third kappa shape index (κ3) is 8.42. The minimum atomic E-state index is -0.354. The quantitative estimate of drug-likeness (QED) is 0.152. The van der Waals surface area contributed by atoms with Crippen LogP contribution in [0, 0.1) is 0 Å². The lowest BCUT2D eigenvalue weighted by Gasteiger charge is -2.11. The molecular weight excluding hydrogens is 430 g/mol. The average molecular weight is 464 g/mol. The van der Waals surface area contributed by atoms with Gasteiger partial charge in [0.15, 0.2) is 0 Å². The second-order valence-corrected chi connectivity index (χ2v) is 7.95. The van der Waals surface area contributed by atoms with Gasteiger partial charge in [0.2, 0.25) is 0 Å². The Hall–Kier alpha value is -2.24. The number of thiophene rings is 1. The number of rotatable bonds is 12. The fourth-order valence-electron chi connectivity index (χ4n) is 2.72. The van der Waals surface area contributed by atoms with Crippen LogP contribution in [0.5, 0.6) is 0 Å². The van der Waals surface area contributed by atoms with E-state index in [1.54, 1.807) is 19.1 Å². The summed E-state index contributed by atoms with van der Waals surface area (Å²) in [4.78, 5) is 13.3. The Morgan fingerprint density at radius 3 is 2.52 bits per heavy atom. The molecule has 0 saturated heterocycles. The Morgan fingerprint density at radius 1 is 1.19 bits per heavy atom. The maximum atomic E-state index is 12.5. The zero-order valence-electron chi connectivity index (χ0n) is 19.2. The molecule has 0 aliphatic heterocycles. The van der Waals surface area contributed by atoms with Gasteiger partial charge in [-0.05, 0) is 51.1 Å². The number of allylic oxidation sites excluding steroid dienone is 6. The van der Waals surface area contributed by atoms with Crippen molar-refractivity contribution in [3.63, 3.8) is 0 Å². The highest BCUT2D eigenvalue weighted by Crippen LogP contribution is 2.38. The number of ether oxygens (including phenoxy) is 2. The predicted octanol–water partition coefficient (Wildman–Crippen LogP) is 7.32. The Morgan fingerprint density at radius 2 is 1.94 bits per heavy atom. The van der Waals surface area contributed by atoms with E-state index in [0.717, 1.165) is 35.3 Å². The number of nitrogens with two attached hydrogens (primary N) is 1. The lowest BCUT2D eigenvalue weighted by Crippen LogP contribution is -2.07. The zero-order valence-corrected chi connectivity index (χ0v) is 20.7. The summed E-state index contributed by atoms with van der Waals surface area (Å²) in [6, 6.07) is 0. The molecule has 0 aliphatic rings. The first-order valence-electron chi connectivity index (χ1n) is 10.7. The van der Waals surface area contributed by atoms with Gasteiger partial charge in [-0.15, -0.1) is 11.3 Å². The molecule has 4 nitrogen and oxygen atoms in total. The summed E-state index contributed by atoms with van der Waals surface area (Å²) in [6.07, 6.45) is 14.0. The van der Waals surface area contributed by atoms with Gasteiger partial charge in [0.1, 0.15) is 12.4 Å². The first-order valence-corrected chi connectivity index (χ1v) is 11.9. The van der Waals surface area contributed by atoms with Crippen molar-refractivity contribution in [1.29, 1.82) is 0 Å². The topological polar surface area (TPSA) is 61.5 Å². The maximum absolute atomic E-state index is 12.5. The van der Waals surface area contributed by atoms with E-state index in [4.69, 9.17) is 26.8 Å². The molecule has 0 unspecified atom stereocenters. The third-order valence-electron chi connectivity index (χ3n) is 4.28. The Labute approximate surface area is 195 Å². The van der Waals surface area contributed by atoms with E-state index in [-0.39, 0.29) is 5.97 Å². The molecule has 1 aromatic rings. The summed E-state index contributed by atoms with van der Waals surface area (Å²) in [5.41, 5.74) is 8.90. The number of unbranched alkanes of at least 4 members (excludes halogenated alkanes) is 1. The Bertz CT molecular complexity index is 875. The summed E-state index contributed by atoms with van der Waals surface area (Å²) in [5.74, 6) is 0.315. The number of halogens is 1. The van der Waals surface area contributed by atoms with Crippen LogP contribution >= 0.6 is 22.9 Å². The molecule has 6 heteroatoms. The Balaban J connectivity index is 3.28. The zero-order chi connectivity index (χ0) is 23.2. The predicted molar refractivity (Wildman–Crippen MR) is 134 cm³/mol. The van der Waals surface area contributed by atoms with Crippen LogP contribution in [0.15, 0.2) is 53.3 Å². The molecule has 1 rings (SSSR count). The fourth-order valence-corrected chi connectivity index (χ4v) is 4.23. The summed E-state index contributed by atoms with van der Waals surface area (Å²) >= 11 is 8.15. The van der Waals surface area contributed by atoms with Crippen molar-refractivity contribution in [1.82, 2.24) is 0 Å². The number of hydrogen-bond acceptors (Lipinski definition) is 5. The van der Waals surface area contributed by atoms with Crippen molar-refractivity contribution in [3.8, 4) is 0 Å². The van der Waals surface area contributed by atoms with Gasteiger partial charge in [-0.1, -0.05) is 50.1 Å². The minimum absolute atomic E-state index is 0.308. The number of carbonyl (C=O) groups is 1. The number of carbonyl (C=O) groups excluding carboxylic acids is 1. The van der Waals surface area contributed by atoms with Gasteiger partial charge in [-0.25, -0.2) is 4.79 Å². The van der Waals surface area contributed by atoms with Gasteiger partial charge >= 0.3 is 5.97 Å². The molecule has 0 atom stereocenters. The molecule has 0 aliphatic carbocycles. The summed E-state index contributed by atoms with van der Waals surface area (Å²) in [7, 11) is 0. The van der Waals surface area contributed by atoms with Crippen molar-refractivity contribution < 1.29 is 14.3 Å². The van der Waals surface area contributed by atoms with Crippen LogP contribution in [-0.4, -0.2) is 12.6 Å². The molecule has 0 spiro atoms. The molecular formula is C25H34ClNO3S. The van der Waals surface area contributed by atoms with Crippen LogP contribution in [0.25, 0.3) is 10.6 Å². The van der Waals surface area contributed by atoms with Crippen LogP contribution in [0.4, 0.5) is 0 Å². The maximum Gasteiger partial charge on any atom is 0.339 e. The minimum Gasteiger partial charge on any atom is -0.489 e. The van der Waals surface area contributed by atoms with Crippen molar-refractivity contribution in [3.05, 3.63) is 69.3 Å². The van der Waals surface area contributed by atoms with Crippen LogP contribution in [-0.2, 0) is 20.9 Å². The largest absolute Gasteiger partial charge is 0.489 e. The van der Waals surface area contributed by atoms with Crippen molar-refractivity contribution in [2.75, 3.05) is 6.61 Å². The van der Waals surface area contributed by atoms with Crippen molar-refractivity contribution in [2.24, 2.45) is 5.73 Å². The molecule has 2 N–H and O–H groups in total. The highest BCUT2D eigenvalue weighted by molar-refractivity contribution is 7.12. The summed E-state index contributed by atoms with van der Waals surface area (Å²) in [5, 5.41) is 2.59. The highest BCUT2D eigenvalue weighted by atomic mass is 35.5. The fraction of sp³-hybridized carbons (Fsp3) is 0.400. The molecule has 0 fully saturated rings. The smallest absolute Gasteiger partial charge is 0.339 e. The van der Waals surface area contributed by atoms with E-state index < -0.39 is 0 Å². The Kier molecular flexibility index (Phi) is 12.7. The SMILES string of the molecule is C/C=C(/C(=O)OCC)c1scc(COC(/C=C(N)\C=C/CC)=C/C)c1/C(Cl)=C/CCC. The van der Waals surface area contributed by atoms with Gasteiger partial charge in [-0.2, -0.15) is 0 Å². The number of esters is 1. The average Bonchev–Trinajstić information content (AvgIpc) is 3.17. The van der Waals surface area contributed by atoms with E-state index in [1.807, 2.05) is 43.5 Å². The third-order valence-corrected chi connectivity index (χ3v) is 5.69. The highest BCUT2D eigenvalue weighted by Gasteiger charge is 2.22. The lowest BCUT2D eigenvalue weighted by molar-refractivity contribution is -0.136. The van der Waals surface area contributed by atoms with Gasteiger partial charge < -0.3 is 15.2 Å².